The molecule has 2 unspecified atom stereocenters. The normalized spacial score (nSPS) is 18.6. The van der Waals surface area contributed by atoms with Crippen LogP contribution in [0.25, 0.3) is 5.95 Å². The molecule has 1 aromatic carbocycles. The van der Waals surface area contributed by atoms with Gasteiger partial charge in [0, 0.05) is 50.6 Å². The van der Waals surface area contributed by atoms with Gasteiger partial charge in [0.2, 0.25) is 11.9 Å². The molecule has 3 heterocycles. The summed E-state index contributed by atoms with van der Waals surface area (Å²) in [5.74, 6) is 1.63. The number of piperazine rings is 1. The SMILES string of the molecule is COc1ccc(C(C)NC(=O)CC2CN(C(=O)NC3CCCCC3)CCN2c2cc(Cl)nc(-n3ccnc3)n2)cc1. The largest absolute Gasteiger partial charge is 0.497 e. The molecule has 1 saturated heterocycles. The predicted octanol–water partition coefficient (Wildman–Crippen LogP) is 4.12. The fourth-order valence-corrected chi connectivity index (χ4v) is 5.73. The van der Waals surface area contributed by atoms with Crippen molar-refractivity contribution in [2.24, 2.45) is 0 Å². The van der Waals surface area contributed by atoms with Crippen LogP contribution in [-0.4, -0.2) is 75.2 Å². The summed E-state index contributed by atoms with van der Waals surface area (Å²) in [5, 5.41) is 6.61. The summed E-state index contributed by atoms with van der Waals surface area (Å²) < 4.78 is 6.93. The first-order valence-electron chi connectivity index (χ1n) is 14.2. The molecule has 2 N–H and O–H groups in total. The maximum Gasteiger partial charge on any atom is 0.317 e. The molecule has 2 atom stereocenters. The van der Waals surface area contributed by atoms with E-state index < -0.39 is 0 Å². The van der Waals surface area contributed by atoms with Crippen molar-refractivity contribution in [1.29, 1.82) is 0 Å². The van der Waals surface area contributed by atoms with Gasteiger partial charge in [-0.05, 0) is 37.5 Å². The van der Waals surface area contributed by atoms with E-state index in [2.05, 4.69) is 25.5 Å². The Morgan fingerprint density at radius 3 is 2.61 bits per heavy atom. The van der Waals surface area contributed by atoms with Crippen LogP contribution in [0.15, 0.2) is 49.1 Å². The van der Waals surface area contributed by atoms with Crippen molar-refractivity contribution < 1.29 is 14.3 Å². The fraction of sp³-hybridized carbons (Fsp3) is 0.483. The number of aromatic nitrogens is 4. The highest BCUT2D eigenvalue weighted by Crippen LogP contribution is 2.25. The highest BCUT2D eigenvalue weighted by molar-refractivity contribution is 6.29. The highest BCUT2D eigenvalue weighted by atomic mass is 35.5. The lowest BCUT2D eigenvalue weighted by Gasteiger charge is -2.42. The molecule has 5 rings (SSSR count). The van der Waals surface area contributed by atoms with Gasteiger partial charge in [0.1, 0.15) is 23.0 Å². The van der Waals surface area contributed by atoms with Gasteiger partial charge in [-0.15, -0.1) is 0 Å². The summed E-state index contributed by atoms with van der Waals surface area (Å²) in [6.45, 7) is 3.33. The smallest absolute Gasteiger partial charge is 0.317 e. The molecular weight excluding hydrogens is 544 g/mol. The summed E-state index contributed by atoms with van der Waals surface area (Å²) in [7, 11) is 1.62. The number of methoxy groups -OCH3 is 1. The first kappa shape index (κ1) is 28.7. The zero-order valence-corrected chi connectivity index (χ0v) is 24.3. The molecule has 0 spiro atoms. The van der Waals surface area contributed by atoms with Crippen LogP contribution in [-0.2, 0) is 4.79 Å². The standard InChI is InChI=1S/C29H37ClN8O3/c1-20(21-8-10-24(41-2)11-9-21)32-27(39)16-23-18-36(29(40)33-22-6-4-3-5-7-22)14-15-38(23)26-17-25(30)34-28(35-26)37-13-12-31-19-37/h8-13,17,19-20,22-23H,3-7,14-16,18H2,1-2H3,(H,32,39)(H,33,40). The van der Waals surface area contributed by atoms with Crippen LogP contribution in [0.1, 0.15) is 57.1 Å². The Morgan fingerprint density at radius 2 is 1.90 bits per heavy atom. The van der Waals surface area contributed by atoms with Crippen LogP contribution < -0.4 is 20.3 Å². The lowest BCUT2D eigenvalue weighted by Crippen LogP contribution is -2.59. The number of carbonyl (C=O) groups excluding carboxylic acids is 2. The Kier molecular flexibility index (Phi) is 9.23. The number of rotatable bonds is 8. The van der Waals surface area contributed by atoms with E-state index in [0.717, 1.165) is 37.0 Å². The van der Waals surface area contributed by atoms with Crippen LogP contribution in [0.4, 0.5) is 10.6 Å². The monoisotopic (exact) mass is 580 g/mol. The zero-order valence-electron chi connectivity index (χ0n) is 23.5. The lowest BCUT2D eigenvalue weighted by molar-refractivity contribution is -0.122. The number of anilines is 1. The van der Waals surface area contributed by atoms with E-state index >= 15 is 0 Å². The Hall–Kier alpha value is -3.86. The van der Waals surface area contributed by atoms with Gasteiger partial charge < -0.3 is 25.2 Å². The first-order chi connectivity index (χ1) is 19.9. The number of benzene rings is 1. The summed E-state index contributed by atoms with van der Waals surface area (Å²) in [5.41, 5.74) is 0.973. The number of imidazole rings is 1. The second-order valence-electron chi connectivity index (χ2n) is 10.7. The van der Waals surface area contributed by atoms with Gasteiger partial charge in [0.05, 0.1) is 19.2 Å². The molecule has 0 radical (unpaired) electrons. The number of urea groups is 1. The number of halogens is 1. The minimum Gasteiger partial charge on any atom is -0.497 e. The Labute approximate surface area is 245 Å². The van der Waals surface area contributed by atoms with Crippen LogP contribution in [0.3, 0.4) is 0 Å². The molecule has 3 aromatic rings. The van der Waals surface area contributed by atoms with Gasteiger partial charge in [-0.2, -0.15) is 4.98 Å². The van der Waals surface area contributed by atoms with Crippen molar-refractivity contribution in [1.82, 2.24) is 35.1 Å². The van der Waals surface area contributed by atoms with Crippen molar-refractivity contribution >= 4 is 29.4 Å². The number of nitrogens with one attached hydrogen (secondary N) is 2. The number of ether oxygens (including phenoxy) is 1. The topological polar surface area (TPSA) is 118 Å². The van der Waals surface area contributed by atoms with Crippen LogP contribution in [0, 0.1) is 0 Å². The maximum atomic E-state index is 13.4. The zero-order chi connectivity index (χ0) is 28.8. The molecule has 218 valence electrons. The van der Waals surface area contributed by atoms with E-state index in [1.807, 2.05) is 36.1 Å². The first-order valence-corrected chi connectivity index (χ1v) is 14.6. The Morgan fingerprint density at radius 1 is 1.12 bits per heavy atom. The molecule has 1 aliphatic heterocycles. The Balaban J connectivity index is 1.33. The number of carbonyl (C=O) groups is 2. The summed E-state index contributed by atoms with van der Waals surface area (Å²) in [6.07, 6.45) is 10.7. The van der Waals surface area contributed by atoms with Gasteiger partial charge in [0.15, 0.2) is 0 Å². The van der Waals surface area contributed by atoms with E-state index in [-0.39, 0.29) is 41.6 Å². The number of hydrogen-bond acceptors (Lipinski definition) is 7. The van der Waals surface area contributed by atoms with Gasteiger partial charge >= 0.3 is 6.03 Å². The van der Waals surface area contributed by atoms with Gasteiger partial charge in [-0.1, -0.05) is 43.0 Å². The quantitative estimate of drug-likeness (QED) is 0.385. The van der Waals surface area contributed by atoms with Gasteiger partial charge in [0.25, 0.3) is 0 Å². The summed E-state index contributed by atoms with van der Waals surface area (Å²) >= 11 is 6.41. The van der Waals surface area contributed by atoms with Gasteiger partial charge in [-0.3, -0.25) is 9.36 Å². The summed E-state index contributed by atoms with van der Waals surface area (Å²) in [6, 6.07) is 8.95. The molecule has 1 saturated carbocycles. The molecule has 2 fully saturated rings. The van der Waals surface area contributed by atoms with E-state index in [1.165, 1.54) is 6.42 Å². The van der Waals surface area contributed by atoms with E-state index in [1.54, 1.807) is 36.5 Å². The molecular formula is C29H37ClN8O3. The van der Waals surface area contributed by atoms with E-state index in [0.29, 0.717) is 31.4 Å². The maximum absolute atomic E-state index is 13.4. The average Bonchev–Trinajstić information content (AvgIpc) is 3.53. The number of hydrogen-bond donors (Lipinski definition) is 2. The lowest BCUT2D eigenvalue weighted by atomic mass is 9.96. The molecule has 2 aliphatic rings. The van der Waals surface area contributed by atoms with Crippen LogP contribution >= 0.6 is 11.6 Å². The van der Waals surface area contributed by atoms with Crippen molar-refractivity contribution in [3.63, 3.8) is 0 Å². The van der Waals surface area contributed by atoms with Crippen molar-refractivity contribution in [2.75, 3.05) is 31.6 Å². The molecule has 11 nitrogen and oxygen atoms in total. The van der Waals surface area contributed by atoms with E-state index in [4.69, 9.17) is 21.3 Å². The molecule has 41 heavy (non-hydrogen) atoms. The third kappa shape index (κ3) is 7.27. The van der Waals surface area contributed by atoms with E-state index in [9.17, 15) is 9.59 Å². The molecule has 2 aromatic heterocycles. The molecule has 1 aliphatic carbocycles. The summed E-state index contributed by atoms with van der Waals surface area (Å²) in [4.78, 5) is 43.6. The van der Waals surface area contributed by atoms with Crippen LogP contribution in [0.5, 0.6) is 5.75 Å². The van der Waals surface area contributed by atoms with Gasteiger partial charge in [-0.25, -0.2) is 14.8 Å². The minimum absolute atomic E-state index is 0.0756. The Bertz CT molecular complexity index is 1310. The minimum atomic E-state index is -0.314. The van der Waals surface area contributed by atoms with Crippen molar-refractivity contribution in [3.05, 3.63) is 59.8 Å². The molecule has 3 amide bonds. The van der Waals surface area contributed by atoms with Crippen molar-refractivity contribution in [3.8, 4) is 11.7 Å². The van der Waals surface area contributed by atoms with Crippen LogP contribution in [0.2, 0.25) is 5.15 Å². The second kappa shape index (κ2) is 13.2. The predicted molar refractivity (Wildman–Crippen MR) is 156 cm³/mol. The average molecular weight is 581 g/mol. The highest BCUT2D eigenvalue weighted by Gasteiger charge is 2.33. The second-order valence-corrected chi connectivity index (χ2v) is 11.1. The number of nitrogens with zero attached hydrogens (tertiary/aromatic N) is 6. The molecule has 0 bridgehead atoms. The third-order valence-corrected chi connectivity index (χ3v) is 8.01. The number of amides is 3. The molecule has 12 heteroatoms. The van der Waals surface area contributed by atoms with Crippen molar-refractivity contribution in [2.45, 2.75) is 63.6 Å². The fourth-order valence-electron chi connectivity index (χ4n) is 5.55. The third-order valence-electron chi connectivity index (χ3n) is 7.82.